The Morgan fingerprint density at radius 1 is 0.769 bits per heavy atom. The molecule has 0 unspecified atom stereocenters. The monoisotopic (exact) mass is 302 g/mol. The van der Waals surface area contributed by atoms with Gasteiger partial charge >= 0.3 is 59.1 Å². The van der Waals surface area contributed by atoms with E-state index in [2.05, 4.69) is 0 Å². The van der Waals surface area contributed by atoms with Gasteiger partial charge in [0.15, 0.2) is 18.3 Å². The van der Waals surface area contributed by atoms with E-state index in [4.69, 9.17) is 0 Å². The van der Waals surface area contributed by atoms with Crippen molar-refractivity contribution in [3.05, 3.63) is 0 Å². The second-order valence-electron chi connectivity index (χ2n) is 1.02. The van der Waals surface area contributed by atoms with Crippen molar-refractivity contribution < 1.29 is 85.1 Å². The van der Waals surface area contributed by atoms with Gasteiger partial charge in [0.2, 0.25) is 0 Å². The van der Waals surface area contributed by atoms with E-state index in [0.29, 0.717) is 0 Å². The van der Waals surface area contributed by atoms with Crippen LogP contribution in [0.5, 0.6) is 0 Å². The van der Waals surface area contributed by atoms with Crippen LogP contribution in [0.2, 0.25) is 0 Å². The Balaban J connectivity index is -0.000000500. The third-order valence-corrected chi connectivity index (χ3v) is 9.00. The van der Waals surface area contributed by atoms with Crippen molar-refractivity contribution in [3.8, 4) is 0 Å². The van der Waals surface area contributed by atoms with E-state index in [1.165, 1.54) is 0 Å². The van der Waals surface area contributed by atoms with Gasteiger partial charge in [0.1, 0.15) is 0 Å². The normalized spacial score (nSPS) is 11.2. The van der Waals surface area contributed by atoms with E-state index in [0.717, 1.165) is 0 Å². The van der Waals surface area contributed by atoms with Crippen molar-refractivity contribution in [3.63, 3.8) is 0 Å². The summed E-state index contributed by atoms with van der Waals surface area (Å²) in [6.07, 6.45) is 0. The molecular formula is Na2O6S5. The predicted octanol–water partition coefficient (Wildman–Crippen LogP) is -6.06. The standard InChI is InChI=1S/2Na.H2O6S5/c;;1-10(2,3)8-7-9-11(4,5)6/h;;(H,1,2,3)(H,4,5,6)/q2*+1;/p-2. The molecule has 0 amide bonds. The van der Waals surface area contributed by atoms with E-state index in [-0.39, 0.29) is 88.6 Å². The van der Waals surface area contributed by atoms with E-state index < -0.39 is 18.3 Å². The summed E-state index contributed by atoms with van der Waals surface area (Å²) in [4.78, 5) is 0. The zero-order valence-corrected chi connectivity index (χ0v) is 14.6. The van der Waals surface area contributed by atoms with Crippen molar-refractivity contribution in [2.75, 3.05) is 0 Å². The van der Waals surface area contributed by atoms with Crippen LogP contribution in [0.25, 0.3) is 0 Å². The summed E-state index contributed by atoms with van der Waals surface area (Å²) >= 11 is 0. The largest absolute Gasteiger partial charge is 1.00 e. The molecule has 0 spiro atoms. The van der Waals surface area contributed by atoms with Gasteiger partial charge in [-0.1, -0.05) is 0 Å². The molecule has 0 bridgehead atoms. The Labute approximate surface area is 130 Å². The first kappa shape index (κ1) is 21.2. The third kappa shape index (κ3) is 20.8. The summed E-state index contributed by atoms with van der Waals surface area (Å²) in [5.41, 5.74) is 0. The van der Waals surface area contributed by atoms with Gasteiger partial charge in [0.25, 0.3) is 0 Å². The van der Waals surface area contributed by atoms with Crippen LogP contribution in [0.1, 0.15) is 0 Å². The molecular weight excluding hydrogens is 302 g/mol. The molecule has 0 atom stereocenters. The Hall–Kier alpha value is 2.87. The molecule has 6 nitrogen and oxygen atoms in total. The summed E-state index contributed by atoms with van der Waals surface area (Å²) in [6, 6.07) is 0. The average Bonchev–Trinajstić information content (AvgIpc) is 1.55. The van der Waals surface area contributed by atoms with Crippen molar-refractivity contribution in [2.45, 2.75) is 0 Å². The van der Waals surface area contributed by atoms with E-state index >= 15 is 0 Å². The smallest absolute Gasteiger partial charge is 0.739 e. The minimum Gasteiger partial charge on any atom is -0.739 e. The molecule has 0 aromatic carbocycles. The Morgan fingerprint density at radius 2 is 1.00 bits per heavy atom. The zero-order valence-electron chi connectivity index (χ0n) is 6.49. The fourth-order valence-corrected chi connectivity index (χ4v) is 8.27. The van der Waals surface area contributed by atoms with Gasteiger partial charge in [-0.05, 0) is 0 Å². The number of hydrogen-bond donors (Lipinski definition) is 0. The first-order valence-corrected chi connectivity index (χ1v) is 9.00. The van der Waals surface area contributed by atoms with Crippen molar-refractivity contribution in [2.24, 2.45) is 0 Å². The molecule has 0 aliphatic rings. The Bertz CT molecular complexity index is 268. The van der Waals surface area contributed by atoms with Crippen LogP contribution in [0.15, 0.2) is 0 Å². The first-order valence-electron chi connectivity index (χ1n) is 1.67. The molecule has 0 aromatic heterocycles. The van der Waals surface area contributed by atoms with Gasteiger partial charge in [0.05, 0.1) is 0 Å². The predicted molar refractivity (Wildman–Crippen MR) is 42.2 cm³/mol. The van der Waals surface area contributed by atoms with Crippen molar-refractivity contribution in [1.29, 1.82) is 0 Å². The molecule has 13 heavy (non-hydrogen) atoms. The molecule has 0 N–H and O–H groups in total. The minimum atomic E-state index is -4.54. The van der Waals surface area contributed by atoms with Crippen molar-refractivity contribution in [1.82, 2.24) is 0 Å². The van der Waals surface area contributed by atoms with Crippen molar-refractivity contribution >= 4 is 47.8 Å². The summed E-state index contributed by atoms with van der Waals surface area (Å²) in [7, 11) is -9.43. The molecule has 0 aliphatic heterocycles. The molecule has 0 aliphatic carbocycles. The fourth-order valence-electron chi connectivity index (χ4n) is 0.0794. The van der Waals surface area contributed by atoms with Gasteiger partial charge in [0, 0.05) is 29.5 Å². The SMILES string of the molecule is O=S(=O)([O-])SSSS(=O)(=O)[O-].[Na+].[Na+]. The summed E-state index contributed by atoms with van der Waals surface area (Å²) < 4.78 is 58.8. The number of rotatable bonds is 4. The second-order valence-corrected chi connectivity index (χ2v) is 10.4. The van der Waals surface area contributed by atoms with Gasteiger partial charge in [-0.15, -0.1) is 0 Å². The third-order valence-electron chi connectivity index (χ3n) is 0.222. The zero-order chi connectivity index (χ0) is 9.12. The van der Waals surface area contributed by atoms with Crippen LogP contribution in [-0.2, 0) is 18.3 Å². The maximum Gasteiger partial charge on any atom is 1.00 e. The Morgan fingerprint density at radius 3 is 1.15 bits per heavy atom. The van der Waals surface area contributed by atoms with Crippen LogP contribution in [0, 0.1) is 0 Å². The van der Waals surface area contributed by atoms with Gasteiger partial charge in [-0.25, -0.2) is 16.8 Å². The maximum absolute atomic E-state index is 9.79. The summed E-state index contributed by atoms with van der Waals surface area (Å²) in [5, 5.41) is 0. The van der Waals surface area contributed by atoms with Crippen LogP contribution >= 0.6 is 29.5 Å². The molecule has 0 radical (unpaired) electrons. The topological polar surface area (TPSA) is 114 Å². The molecule has 0 saturated heterocycles. The Kier molecular flexibility index (Phi) is 14.6. The van der Waals surface area contributed by atoms with Gasteiger partial charge < -0.3 is 9.11 Å². The summed E-state index contributed by atoms with van der Waals surface area (Å²) in [5.74, 6) is 0. The minimum absolute atomic E-state index is 0. The molecule has 0 rings (SSSR count). The molecule has 0 heterocycles. The maximum atomic E-state index is 9.79. The van der Waals surface area contributed by atoms with Crippen LogP contribution in [0.3, 0.4) is 0 Å². The van der Waals surface area contributed by atoms with Gasteiger partial charge in [-0.2, -0.15) is 0 Å². The van der Waals surface area contributed by atoms with E-state index in [9.17, 15) is 25.9 Å². The first-order chi connectivity index (χ1) is 4.71. The quantitative estimate of drug-likeness (QED) is 0.284. The molecule has 0 aromatic rings. The van der Waals surface area contributed by atoms with E-state index in [1.807, 2.05) is 0 Å². The average molecular weight is 302 g/mol. The molecule has 13 heteroatoms. The summed E-state index contributed by atoms with van der Waals surface area (Å²) in [6.45, 7) is 0. The van der Waals surface area contributed by atoms with E-state index in [1.54, 1.807) is 0 Å². The number of hydrogen-bond acceptors (Lipinski definition) is 9. The second kappa shape index (κ2) is 8.96. The van der Waals surface area contributed by atoms with Crippen LogP contribution in [-0.4, -0.2) is 25.9 Å². The molecule has 0 saturated carbocycles. The van der Waals surface area contributed by atoms with Crippen LogP contribution in [0.4, 0.5) is 0 Å². The fraction of sp³-hybridized carbons (Fsp3) is 0. The molecule has 0 fully saturated rings. The van der Waals surface area contributed by atoms with Gasteiger partial charge in [-0.3, -0.25) is 0 Å². The molecule has 68 valence electrons. The van der Waals surface area contributed by atoms with Crippen LogP contribution < -0.4 is 59.1 Å².